The first kappa shape index (κ1) is 12.8. The van der Waals surface area contributed by atoms with Crippen molar-refractivity contribution in [2.75, 3.05) is 0 Å². The molecule has 0 aliphatic carbocycles. The molecule has 3 aromatic rings. The van der Waals surface area contributed by atoms with Crippen LogP contribution in [0.15, 0.2) is 35.0 Å². The third-order valence-corrected chi connectivity index (χ3v) is 3.00. The first-order valence-corrected chi connectivity index (χ1v) is 6.30. The fourth-order valence-electron chi connectivity index (χ4n) is 1.72. The third-order valence-electron chi connectivity index (χ3n) is 2.68. The van der Waals surface area contributed by atoms with Gasteiger partial charge in [0.15, 0.2) is 0 Å². The van der Waals surface area contributed by atoms with E-state index in [1.54, 1.807) is 16.9 Å². The second kappa shape index (κ2) is 5.40. The number of benzene rings is 1. The molecule has 0 spiro atoms. The molecule has 0 atom stereocenters. The van der Waals surface area contributed by atoms with Crippen LogP contribution in [0.4, 0.5) is 0 Å². The Balaban J connectivity index is 1.82. The van der Waals surface area contributed by atoms with Gasteiger partial charge in [0.25, 0.3) is 0 Å². The van der Waals surface area contributed by atoms with E-state index in [-0.39, 0.29) is 0 Å². The summed E-state index contributed by atoms with van der Waals surface area (Å²) in [5.74, 6) is 0.873. The lowest BCUT2D eigenvalue weighted by atomic mass is 10.2. The summed E-state index contributed by atoms with van der Waals surface area (Å²) in [6, 6.07) is 7.32. The monoisotopic (exact) mass is 290 g/mol. The summed E-state index contributed by atoms with van der Waals surface area (Å²) in [6.45, 7) is 0.680. The second-order valence-electron chi connectivity index (χ2n) is 4.10. The number of rotatable bonds is 4. The second-order valence-corrected chi connectivity index (χ2v) is 4.51. The van der Waals surface area contributed by atoms with Gasteiger partial charge in [0.1, 0.15) is 6.54 Å². The summed E-state index contributed by atoms with van der Waals surface area (Å²) in [6.07, 6.45) is 1.74. The van der Waals surface area contributed by atoms with E-state index in [1.165, 1.54) is 0 Å². The van der Waals surface area contributed by atoms with Gasteiger partial charge in [-0.3, -0.25) is 0 Å². The lowest BCUT2D eigenvalue weighted by Crippen LogP contribution is -2.00. The molecule has 0 aliphatic heterocycles. The largest absolute Gasteiger partial charge is 0.337 e. The van der Waals surface area contributed by atoms with Crippen LogP contribution in [-0.4, -0.2) is 25.1 Å². The average Bonchev–Trinajstić information content (AvgIpc) is 3.09. The van der Waals surface area contributed by atoms with Crippen LogP contribution in [0.5, 0.6) is 0 Å². The topological polar surface area (TPSA) is 95.7 Å². The molecule has 3 rings (SSSR count). The Bertz CT molecular complexity index is 722. The molecule has 7 nitrogen and oxygen atoms in total. The highest BCUT2D eigenvalue weighted by molar-refractivity contribution is 6.33. The maximum absolute atomic E-state index is 6.09. The molecule has 0 saturated carbocycles. The zero-order valence-corrected chi connectivity index (χ0v) is 11.2. The minimum Gasteiger partial charge on any atom is -0.337 e. The fourth-order valence-corrected chi connectivity index (χ4v) is 1.94. The molecule has 0 radical (unpaired) electrons. The molecule has 1 aromatic carbocycles. The average molecular weight is 291 g/mol. The molecular weight excluding hydrogens is 280 g/mol. The number of halogens is 1. The summed E-state index contributed by atoms with van der Waals surface area (Å²) >= 11 is 6.09. The molecular formula is C12H11ClN6O. The molecule has 0 amide bonds. The van der Waals surface area contributed by atoms with Crippen LogP contribution in [0.25, 0.3) is 11.4 Å². The Morgan fingerprint density at radius 1 is 1.30 bits per heavy atom. The molecule has 102 valence electrons. The minimum absolute atomic E-state index is 0.338. The van der Waals surface area contributed by atoms with E-state index < -0.39 is 0 Å². The van der Waals surface area contributed by atoms with Crippen LogP contribution >= 0.6 is 11.6 Å². The maximum atomic E-state index is 6.09. The van der Waals surface area contributed by atoms with Crippen molar-refractivity contribution in [1.82, 2.24) is 25.1 Å². The van der Waals surface area contributed by atoms with Crippen molar-refractivity contribution < 1.29 is 4.52 Å². The smallest absolute Gasteiger partial charge is 0.248 e. The van der Waals surface area contributed by atoms with Gasteiger partial charge in [0.05, 0.1) is 16.9 Å². The van der Waals surface area contributed by atoms with Gasteiger partial charge < -0.3 is 10.3 Å². The number of hydrogen-bond donors (Lipinski definition) is 1. The summed E-state index contributed by atoms with van der Waals surface area (Å²) in [5, 5.41) is 12.3. The van der Waals surface area contributed by atoms with Crippen LogP contribution in [0.3, 0.4) is 0 Å². The number of hydrogen-bond acceptors (Lipinski definition) is 6. The van der Waals surface area contributed by atoms with E-state index in [0.717, 1.165) is 5.56 Å². The van der Waals surface area contributed by atoms with E-state index in [4.69, 9.17) is 21.9 Å². The number of nitrogens with zero attached hydrogens (tertiary/aromatic N) is 5. The van der Waals surface area contributed by atoms with Crippen LogP contribution in [0, 0.1) is 0 Å². The maximum Gasteiger partial charge on any atom is 0.248 e. The highest BCUT2D eigenvalue weighted by Crippen LogP contribution is 2.24. The van der Waals surface area contributed by atoms with Gasteiger partial charge in [0, 0.05) is 12.1 Å². The van der Waals surface area contributed by atoms with Crippen molar-refractivity contribution in [3.63, 3.8) is 0 Å². The van der Waals surface area contributed by atoms with Gasteiger partial charge in [-0.15, -0.1) is 5.10 Å². The molecule has 0 saturated heterocycles. The van der Waals surface area contributed by atoms with E-state index in [1.807, 2.05) is 18.2 Å². The molecule has 0 unspecified atom stereocenters. The summed E-state index contributed by atoms with van der Waals surface area (Å²) in [5.41, 5.74) is 6.90. The zero-order chi connectivity index (χ0) is 13.9. The fraction of sp³-hybridized carbons (Fsp3) is 0.167. The van der Waals surface area contributed by atoms with Gasteiger partial charge in [0.2, 0.25) is 11.7 Å². The Morgan fingerprint density at radius 2 is 2.15 bits per heavy atom. The lowest BCUT2D eigenvalue weighted by Gasteiger charge is -1.96. The molecule has 0 bridgehead atoms. The summed E-state index contributed by atoms with van der Waals surface area (Å²) < 4.78 is 6.77. The molecule has 2 aromatic heterocycles. The molecule has 20 heavy (non-hydrogen) atoms. The molecule has 2 heterocycles. The van der Waals surface area contributed by atoms with Crippen molar-refractivity contribution in [3.05, 3.63) is 47.1 Å². The van der Waals surface area contributed by atoms with Crippen molar-refractivity contribution in [2.24, 2.45) is 5.73 Å². The molecule has 0 aliphatic rings. The molecule has 8 heteroatoms. The highest BCUT2D eigenvalue weighted by Gasteiger charge is 2.12. The quantitative estimate of drug-likeness (QED) is 0.782. The number of nitrogens with two attached hydrogens (primary N) is 1. The van der Waals surface area contributed by atoms with Gasteiger partial charge >= 0.3 is 0 Å². The van der Waals surface area contributed by atoms with Crippen molar-refractivity contribution >= 4 is 11.6 Å². The van der Waals surface area contributed by atoms with Crippen LogP contribution in [0.2, 0.25) is 5.02 Å². The summed E-state index contributed by atoms with van der Waals surface area (Å²) in [7, 11) is 0. The summed E-state index contributed by atoms with van der Waals surface area (Å²) in [4.78, 5) is 4.29. The van der Waals surface area contributed by atoms with Crippen molar-refractivity contribution in [3.8, 4) is 11.4 Å². The Hall–Kier alpha value is -2.25. The van der Waals surface area contributed by atoms with Crippen molar-refractivity contribution in [1.29, 1.82) is 0 Å². The Kier molecular flexibility index (Phi) is 3.44. The first-order valence-electron chi connectivity index (χ1n) is 5.93. The van der Waals surface area contributed by atoms with Crippen LogP contribution in [0.1, 0.15) is 11.6 Å². The first-order chi connectivity index (χ1) is 9.76. The van der Waals surface area contributed by atoms with Gasteiger partial charge in [-0.1, -0.05) is 34.1 Å². The minimum atomic E-state index is 0.338. The SMILES string of the molecule is NCc1cn(Cc2nc(-c3ccccc3Cl)no2)nn1. The van der Waals surface area contributed by atoms with Crippen molar-refractivity contribution in [2.45, 2.75) is 13.1 Å². The van der Waals surface area contributed by atoms with Gasteiger partial charge in [-0.05, 0) is 12.1 Å². The predicted octanol–water partition coefficient (Wildman–Crippen LogP) is 1.49. The van der Waals surface area contributed by atoms with Crippen LogP contribution < -0.4 is 5.73 Å². The van der Waals surface area contributed by atoms with Gasteiger partial charge in [-0.2, -0.15) is 4.98 Å². The van der Waals surface area contributed by atoms with Crippen LogP contribution in [-0.2, 0) is 13.1 Å². The third kappa shape index (κ3) is 2.54. The number of aromatic nitrogens is 5. The highest BCUT2D eigenvalue weighted by atomic mass is 35.5. The normalized spacial score (nSPS) is 10.9. The van der Waals surface area contributed by atoms with E-state index in [9.17, 15) is 0 Å². The zero-order valence-electron chi connectivity index (χ0n) is 10.4. The Morgan fingerprint density at radius 3 is 2.90 bits per heavy atom. The van der Waals surface area contributed by atoms with Gasteiger partial charge in [-0.25, -0.2) is 4.68 Å². The molecule has 0 fully saturated rings. The lowest BCUT2D eigenvalue weighted by molar-refractivity contribution is 0.364. The van der Waals surface area contributed by atoms with E-state index in [2.05, 4.69) is 20.5 Å². The predicted molar refractivity (Wildman–Crippen MR) is 71.8 cm³/mol. The Labute approximate surface area is 119 Å². The standard InChI is InChI=1S/C12H11ClN6O/c13-10-4-2-1-3-9(10)12-15-11(20-17-12)7-19-6-8(5-14)16-18-19/h1-4,6H,5,7,14H2. The van der Waals surface area contributed by atoms with E-state index >= 15 is 0 Å². The van der Waals surface area contributed by atoms with E-state index in [0.29, 0.717) is 35.5 Å². The molecule has 2 N–H and O–H groups in total.